The SMILES string of the molecule is CN(C)c1ccc(C(=Nc2nc3ccccc3nc2Cl)N(B(F)F)c2ccccc2)cc1. The van der Waals surface area contributed by atoms with E-state index in [0.717, 1.165) is 10.5 Å². The fourth-order valence-corrected chi connectivity index (χ4v) is 3.40. The van der Waals surface area contributed by atoms with Gasteiger partial charge in [-0.2, -0.15) is 0 Å². The Morgan fingerprint density at radius 1 is 0.812 bits per heavy atom. The molecule has 5 nitrogen and oxygen atoms in total. The molecular weight excluding hydrogens is 431 g/mol. The third-order valence-electron chi connectivity index (χ3n) is 4.82. The second kappa shape index (κ2) is 9.32. The number of fused-ring (bicyclic) bond motifs is 1. The molecule has 0 bridgehead atoms. The quantitative estimate of drug-likeness (QED) is 0.217. The highest BCUT2D eigenvalue weighted by atomic mass is 35.5. The van der Waals surface area contributed by atoms with Gasteiger partial charge in [-0.1, -0.05) is 41.9 Å². The topological polar surface area (TPSA) is 44.6 Å². The summed E-state index contributed by atoms with van der Waals surface area (Å²) >= 11 is 6.34. The molecule has 0 unspecified atom stereocenters. The molecule has 0 N–H and O–H groups in total. The van der Waals surface area contributed by atoms with Crippen LogP contribution in [0.1, 0.15) is 5.56 Å². The molecule has 0 saturated carbocycles. The third kappa shape index (κ3) is 4.55. The Morgan fingerprint density at radius 2 is 1.41 bits per heavy atom. The van der Waals surface area contributed by atoms with Crippen molar-refractivity contribution in [3.63, 3.8) is 0 Å². The van der Waals surface area contributed by atoms with Crippen LogP contribution >= 0.6 is 11.6 Å². The van der Waals surface area contributed by atoms with Crippen LogP contribution in [-0.2, 0) is 0 Å². The number of aromatic nitrogens is 2. The molecule has 1 heterocycles. The Labute approximate surface area is 190 Å². The van der Waals surface area contributed by atoms with Gasteiger partial charge >= 0.3 is 7.40 Å². The summed E-state index contributed by atoms with van der Waals surface area (Å²) in [5, 5.41) is 0.0355. The number of rotatable bonds is 5. The molecule has 0 aliphatic rings. The van der Waals surface area contributed by atoms with Gasteiger partial charge in [-0.3, -0.25) is 8.63 Å². The molecule has 4 rings (SSSR count). The number of hydrogen-bond donors (Lipinski definition) is 0. The summed E-state index contributed by atoms with van der Waals surface area (Å²) < 4.78 is 28.7. The van der Waals surface area contributed by atoms with Crippen LogP contribution in [0.4, 0.5) is 25.8 Å². The highest BCUT2D eigenvalue weighted by Crippen LogP contribution is 2.28. The molecule has 9 heteroatoms. The normalized spacial score (nSPS) is 11.5. The molecule has 0 spiro atoms. The van der Waals surface area contributed by atoms with E-state index in [2.05, 4.69) is 15.0 Å². The van der Waals surface area contributed by atoms with Crippen LogP contribution in [0.25, 0.3) is 11.0 Å². The molecule has 0 atom stereocenters. The lowest BCUT2D eigenvalue weighted by Gasteiger charge is -2.24. The van der Waals surface area contributed by atoms with Crippen LogP contribution in [0.2, 0.25) is 5.15 Å². The second-order valence-electron chi connectivity index (χ2n) is 7.19. The maximum atomic E-state index is 14.4. The summed E-state index contributed by atoms with van der Waals surface area (Å²) in [5.41, 5.74) is 2.89. The molecule has 0 saturated heterocycles. The van der Waals surface area contributed by atoms with E-state index in [9.17, 15) is 8.63 Å². The molecule has 0 amide bonds. The number of aliphatic imine (C=N–C) groups is 1. The Hall–Kier alpha value is -3.52. The monoisotopic (exact) mass is 449 g/mol. The number of halogens is 3. The van der Waals surface area contributed by atoms with Crippen molar-refractivity contribution >= 4 is 53.1 Å². The van der Waals surface area contributed by atoms with Crippen molar-refractivity contribution < 1.29 is 8.63 Å². The van der Waals surface area contributed by atoms with Gasteiger partial charge in [0.15, 0.2) is 11.0 Å². The Balaban J connectivity index is 1.92. The molecule has 0 radical (unpaired) electrons. The lowest BCUT2D eigenvalue weighted by atomic mass is 10.0. The minimum Gasteiger partial charge on any atom is -0.378 e. The van der Waals surface area contributed by atoms with Crippen LogP contribution in [0.5, 0.6) is 0 Å². The van der Waals surface area contributed by atoms with Gasteiger partial charge in [-0.15, -0.1) is 0 Å². The van der Waals surface area contributed by atoms with Crippen LogP contribution in [0.15, 0.2) is 83.9 Å². The molecule has 32 heavy (non-hydrogen) atoms. The van der Waals surface area contributed by atoms with Crippen LogP contribution < -0.4 is 9.71 Å². The lowest BCUT2D eigenvalue weighted by Crippen LogP contribution is -2.39. The van der Waals surface area contributed by atoms with E-state index >= 15 is 0 Å². The highest BCUT2D eigenvalue weighted by molar-refractivity contribution is 6.56. The van der Waals surface area contributed by atoms with E-state index in [4.69, 9.17) is 11.6 Å². The van der Waals surface area contributed by atoms with E-state index in [1.807, 2.05) is 43.3 Å². The predicted molar refractivity (Wildman–Crippen MR) is 128 cm³/mol. The number of nitrogens with zero attached hydrogens (tertiary/aromatic N) is 5. The zero-order chi connectivity index (χ0) is 22.7. The van der Waals surface area contributed by atoms with Crippen molar-refractivity contribution in [1.82, 2.24) is 9.97 Å². The van der Waals surface area contributed by atoms with Gasteiger partial charge in [-0.05, 0) is 48.5 Å². The lowest BCUT2D eigenvalue weighted by molar-refractivity contribution is 0.659. The molecule has 0 aliphatic carbocycles. The van der Waals surface area contributed by atoms with E-state index in [0.29, 0.717) is 22.3 Å². The third-order valence-corrected chi connectivity index (χ3v) is 5.08. The molecule has 1 aromatic heterocycles. The highest BCUT2D eigenvalue weighted by Gasteiger charge is 2.31. The standard InChI is InChI=1S/C23H19BClF2N5/c1-31(2)17-14-12-16(13-15-17)23(32(24(26)27)18-8-4-3-5-9-18)30-22-21(25)28-19-10-6-7-11-20(19)29-22/h3-15H,1-2H3. The number of benzene rings is 3. The summed E-state index contributed by atoms with van der Waals surface area (Å²) in [6.07, 6.45) is 0. The minimum absolute atomic E-state index is 0.0167. The van der Waals surface area contributed by atoms with Gasteiger partial charge in [0.2, 0.25) is 0 Å². The van der Waals surface area contributed by atoms with Gasteiger partial charge < -0.3 is 9.71 Å². The van der Waals surface area contributed by atoms with E-state index in [1.54, 1.807) is 54.6 Å². The Morgan fingerprint density at radius 3 is 2.00 bits per heavy atom. The maximum Gasteiger partial charge on any atom is 0.679 e. The van der Waals surface area contributed by atoms with Gasteiger partial charge in [0.1, 0.15) is 5.84 Å². The number of anilines is 2. The first-order valence-electron chi connectivity index (χ1n) is 9.85. The van der Waals surface area contributed by atoms with Crippen molar-refractivity contribution in [2.75, 3.05) is 23.8 Å². The average Bonchev–Trinajstić information content (AvgIpc) is 2.79. The Kier molecular flexibility index (Phi) is 6.32. The molecule has 3 aromatic carbocycles. The maximum absolute atomic E-state index is 14.4. The summed E-state index contributed by atoms with van der Waals surface area (Å²) in [4.78, 5) is 16.1. The van der Waals surface area contributed by atoms with Crippen LogP contribution in [0, 0.1) is 0 Å². The van der Waals surface area contributed by atoms with Crippen LogP contribution in [-0.4, -0.2) is 37.3 Å². The molecule has 0 aliphatic heterocycles. The fourth-order valence-electron chi connectivity index (χ4n) is 3.22. The van der Waals surface area contributed by atoms with E-state index in [1.165, 1.54) is 0 Å². The summed E-state index contributed by atoms with van der Waals surface area (Å²) in [6, 6.07) is 22.7. The number of para-hydroxylation sites is 3. The predicted octanol–water partition coefficient (Wildman–Crippen LogP) is 5.86. The molecule has 160 valence electrons. The zero-order valence-corrected chi connectivity index (χ0v) is 18.2. The van der Waals surface area contributed by atoms with Crippen molar-refractivity contribution in [3.05, 3.63) is 89.6 Å². The summed E-state index contributed by atoms with van der Waals surface area (Å²) in [7, 11) is 0.963. The Bertz CT molecular complexity index is 1250. The van der Waals surface area contributed by atoms with Crippen molar-refractivity contribution in [2.24, 2.45) is 4.99 Å². The molecule has 4 aromatic rings. The van der Waals surface area contributed by atoms with E-state index < -0.39 is 7.40 Å². The smallest absolute Gasteiger partial charge is 0.378 e. The van der Waals surface area contributed by atoms with Crippen LogP contribution in [0.3, 0.4) is 0 Å². The molecular formula is C23H19BClF2N5. The van der Waals surface area contributed by atoms with Gasteiger partial charge in [-0.25, -0.2) is 15.0 Å². The van der Waals surface area contributed by atoms with E-state index in [-0.39, 0.29) is 16.8 Å². The van der Waals surface area contributed by atoms with Crippen molar-refractivity contribution in [3.8, 4) is 0 Å². The van der Waals surface area contributed by atoms with Gasteiger partial charge in [0.05, 0.1) is 11.0 Å². The zero-order valence-electron chi connectivity index (χ0n) is 17.5. The fraction of sp³-hybridized carbons (Fsp3) is 0.0870. The average molecular weight is 450 g/mol. The number of hydrogen-bond acceptors (Lipinski definition) is 4. The summed E-state index contributed by atoms with van der Waals surface area (Å²) in [6.45, 7) is 0. The minimum atomic E-state index is -2.85. The first kappa shape index (κ1) is 21.7. The van der Waals surface area contributed by atoms with Crippen molar-refractivity contribution in [2.45, 2.75) is 0 Å². The molecule has 0 fully saturated rings. The summed E-state index contributed by atoms with van der Waals surface area (Å²) in [5.74, 6) is 0.0848. The second-order valence-corrected chi connectivity index (χ2v) is 7.54. The van der Waals surface area contributed by atoms with Gasteiger partial charge in [0.25, 0.3) is 0 Å². The first-order chi connectivity index (χ1) is 15.4. The first-order valence-corrected chi connectivity index (χ1v) is 10.2. The van der Waals surface area contributed by atoms with Gasteiger partial charge in [0, 0.05) is 31.0 Å². The number of amidine groups is 1. The van der Waals surface area contributed by atoms with Crippen molar-refractivity contribution in [1.29, 1.82) is 0 Å². The largest absolute Gasteiger partial charge is 0.679 e.